The third-order valence-corrected chi connectivity index (χ3v) is 9.08. The van der Waals surface area contributed by atoms with Gasteiger partial charge < -0.3 is 29.7 Å². The molecule has 9 heteroatoms. The van der Waals surface area contributed by atoms with E-state index in [1.54, 1.807) is 18.9 Å². The molecule has 1 fully saturated rings. The van der Waals surface area contributed by atoms with Crippen LogP contribution in [0.5, 0.6) is 5.75 Å². The molecule has 4 aromatic rings. The summed E-state index contributed by atoms with van der Waals surface area (Å²) in [7, 11) is 1.68. The summed E-state index contributed by atoms with van der Waals surface area (Å²) in [4.78, 5) is 24.1. The van der Waals surface area contributed by atoms with Gasteiger partial charge in [-0.15, -0.1) is 11.8 Å². The van der Waals surface area contributed by atoms with Gasteiger partial charge in [0.25, 0.3) is 0 Å². The number of benzene rings is 4. The normalized spacial score (nSPS) is 17.7. The predicted octanol–water partition coefficient (Wildman–Crippen LogP) is 7.06. The highest BCUT2D eigenvalue weighted by atomic mass is 32.2. The van der Waals surface area contributed by atoms with Crippen LogP contribution in [0.15, 0.2) is 102 Å². The van der Waals surface area contributed by atoms with Crippen LogP contribution < -0.4 is 10.1 Å². The third-order valence-electron chi connectivity index (χ3n) is 7.89. The second kappa shape index (κ2) is 16.4. The van der Waals surface area contributed by atoms with Gasteiger partial charge in [0.2, 0.25) is 5.91 Å². The molecule has 1 amide bonds. The fraction of sp³-hybridized carbons (Fsp3) is 0.297. The molecule has 3 unspecified atom stereocenters. The second-order valence-corrected chi connectivity index (χ2v) is 12.2. The summed E-state index contributed by atoms with van der Waals surface area (Å²) in [6, 6.07) is 31.8. The van der Waals surface area contributed by atoms with E-state index in [1.165, 1.54) is 0 Å². The zero-order valence-corrected chi connectivity index (χ0v) is 26.6. The Labute approximate surface area is 273 Å². The molecule has 8 nitrogen and oxygen atoms in total. The van der Waals surface area contributed by atoms with Crippen LogP contribution in [0.25, 0.3) is 11.1 Å². The van der Waals surface area contributed by atoms with E-state index in [1.807, 2.05) is 97.1 Å². The Morgan fingerprint density at radius 3 is 2.35 bits per heavy atom. The molecule has 3 N–H and O–H groups in total. The number of thioether (sulfide) groups is 1. The monoisotopic (exact) mass is 641 g/mol. The van der Waals surface area contributed by atoms with E-state index in [4.69, 9.17) is 19.3 Å². The molecule has 1 saturated heterocycles. The number of rotatable bonds is 14. The number of nitrogens with one attached hydrogen (secondary N) is 1. The number of hydrogen-bond acceptors (Lipinski definition) is 7. The largest absolute Gasteiger partial charge is 0.496 e. The molecule has 0 aromatic heterocycles. The van der Waals surface area contributed by atoms with E-state index < -0.39 is 12.3 Å². The fourth-order valence-corrected chi connectivity index (χ4v) is 6.45. The number of ether oxygens (including phenoxy) is 3. The number of aliphatic carboxylic acids is 1. The van der Waals surface area contributed by atoms with Crippen molar-refractivity contribution < 1.29 is 34.0 Å². The van der Waals surface area contributed by atoms with Crippen molar-refractivity contribution >= 4 is 23.6 Å². The molecule has 1 aliphatic heterocycles. The van der Waals surface area contributed by atoms with Crippen LogP contribution in [0, 0.1) is 0 Å². The number of aliphatic hydroxyl groups is 1. The smallest absolute Gasteiger partial charge is 0.303 e. The lowest BCUT2D eigenvalue weighted by molar-refractivity contribution is -0.245. The van der Waals surface area contributed by atoms with E-state index in [-0.39, 0.29) is 37.6 Å². The highest BCUT2D eigenvalue weighted by Gasteiger charge is 2.32. The first-order valence-electron chi connectivity index (χ1n) is 15.4. The minimum atomic E-state index is -0.903. The van der Waals surface area contributed by atoms with E-state index in [2.05, 4.69) is 5.32 Å². The van der Waals surface area contributed by atoms with Crippen molar-refractivity contribution in [3.05, 3.63) is 119 Å². The molecular weight excluding hydrogens is 602 g/mol. The lowest BCUT2D eigenvalue weighted by Gasteiger charge is -2.36. The summed E-state index contributed by atoms with van der Waals surface area (Å²) < 4.78 is 18.6. The highest BCUT2D eigenvalue weighted by Crippen LogP contribution is 2.41. The quantitative estimate of drug-likeness (QED) is 0.125. The number of methoxy groups -OCH3 is 1. The average molecular weight is 642 g/mol. The van der Waals surface area contributed by atoms with E-state index in [9.17, 15) is 14.7 Å². The van der Waals surface area contributed by atoms with Crippen molar-refractivity contribution in [2.75, 3.05) is 12.9 Å². The molecule has 1 aliphatic rings. The van der Waals surface area contributed by atoms with Crippen LogP contribution in [0.4, 0.5) is 0 Å². The summed E-state index contributed by atoms with van der Waals surface area (Å²) in [5.74, 6) is 0.483. The van der Waals surface area contributed by atoms with Crippen LogP contribution >= 0.6 is 11.8 Å². The second-order valence-electron chi connectivity index (χ2n) is 11.1. The molecule has 46 heavy (non-hydrogen) atoms. The lowest BCUT2D eigenvalue weighted by atomic mass is 9.97. The Balaban J connectivity index is 1.30. The SMILES string of the molecule is COc1ccccc1SCC1CC(c2ccc(CO)cc2)OC(c2ccc(-c3ccccc3CNC(=O)CCCC(=O)O)cc2)O1. The first kappa shape index (κ1) is 33.2. The van der Waals surface area contributed by atoms with Crippen LogP contribution in [0.2, 0.25) is 0 Å². The van der Waals surface area contributed by atoms with Gasteiger partial charge in [0.15, 0.2) is 6.29 Å². The van der Waals surface area contributed by atoms with Crippen LogP contribution in [-0.4, -0.2) is 41.1 Å². The van der Waals surface area contributed by atoms with Crippen molar-refractivity contribution in [1.29, 1.82) is 0 Å². The average Bonchev–Trinajstić information content (AvgIpc) is 3.10. The molecule has 1 heterocycles. The Hall–Kier alpha value is -4.15. The first-order chi connectivity index (χ1) is 22.4. The van der Waals surface area contributed by atoms with Crippen LogP contribution in [0.1, 0.15) is 60.3 Å². The topological polar surface area (TPSA) is 114 Å². The molecule has 0 aliphatic carbocycles. The van der Waals surface area contributed by atoms with Crippen molar-refractivity contribution in [1.82, 2.24) is 5.32 Å². The Morgan fingerprint density at radius 1 is 0.891 bits per heavy atom. The zero-order chi connectivity index (χ0) is 32.3. The first-order valence-corrected chi connectivity index (χ1v) is 16.3. The number of hydrogen-bond donors (Lipinski definition) is 3. The molecule has 240 valence electrons. The van der Waals surface area contributed by atoms with Gasteiger partial charge >= 0.3 is 5.97 Å². The molecule has 4 aromatic carbocycles. The summed E-state index contributed by atoms with van der Waals surface area (Å²) in [5, 5.41) is 21.2. The molecule has 0 bridgehead atoms. The predicted molar refractivity (Wildman–Crippen MR) is 177 cm³/mol. The highest BCUT2D eigenvalue weighted by molar-refractivity contribution is 7.99. The third kappa shape index (κ3) is 8.98. The van der Waals surface area contributed by atoms with E-state index in [0.29, 0.717) is 19.4 Å². The lowest BCUT2D eigenvalue weighted by Crippen LogP contribution is -2.31. The van der Waals surface area contributed by atoms with E-state index in [0.717, 1.165) is 49.8 Å². The number of carboxylic acids is 1. The number of carboxylic acid groups (broad SMARTS) is 1. The van der Waals surface area contributed by atoms with Crippen molar-refractivity contribution in [2.45, 2.75) is 62.2 Å². The number of para-hydroxylation sites is 1. The standard InChI is InChI=1S/C37H39NO7S/c1-43-32-9-4-5-10-34(32)46-24-30-21-33(27-15-13-25(23-39)14-16-27)45-37(44-30)28-19-17-26(18-20-28)31-8-3-2-7-29(31)22-38-35(40)11-6-12-36(41)42/h2-5,7-10,13-20,30,33,37,39H,6,11-12,21-24H2,1H3,(H,38,40)(H,41,42). The van der Waals surface area contributed by atoms with Gasteiger partial charge in [-0.3, -0.25) is 9.59 Å². The number of amides is 1. The summed E-state index contributed by atoms with van der Waals surface area (Å²) in [5.41, 5.74) is 5.74. The van der Waals surface area contributed by atoms with Gasteiger partial charge in [-0.2, -0.15) is 0 Å². The fourth-order valence-electron chi connectivity index (χ4n) is 5.40. The summed E-state index contributed by atoms with van der Waals surface area (Å²) in [6.45, 7) is 0.339. The van der Waals surface area contributed by atoms with Gasteiger partial charge in [-0.25, -0.2) is 0 Å². The van der Waals surface area contributed by atoms with Crippen LogP contribution in [-0.2, 0) is 32.2 Å². The molecular formula is C37H39NO7S. The van der Waals surface area contributed by atoms with Gasteiger partial charge in [-0.1, -0.05) is 84.9 Å². The Kier molecular flexibility index (Phi) is 11.9. The van der Waals surface area contributed by atoms with Gasteiger partial charge in [0.05, 0.1) is 25.9 Å². The van der Waals surface area contributed by atoms with Crippen molar-refractivity contribution in [3.63, 3.8) is 0 Å². The molecule has 5 rings (SSSR count). The zero-order valence-electron chi connectivity index (χ0n) is 25.8. The molecule has 0 saturated carbocycles. The minimum Gasteiger partial charge on any atom is -0.496 e. The number of carbonyl (C=O) groups excluding carboxylic acids is 1. The maximum atomic E-state index is 12.3. The molecule has 3 atom stereocenters. The summed E-state index contributed by atoms with van der Waals surface area (Å²) >= 11 is 1.70. The van der Waals surface area contributed by atoms with Crippen molar-refractivity contribution in [3.8, 4) is 16.9 Å². The number of aliphatic hydroxyl groups excluding tert-OH is 1. The Morgan fingerprint density at radius 2 is 1.61 bits per heavy atom. The molecule has 0 radical (unpaired) electrons. The van der Waals surface area contributed by atoms with Crippen molar-refractivity contribution in [2.24, 2.45) is 0 Å². The maximum Gasteiger partial charge on any atom is 0.303 e. The Bertz CT molecular complexity index is 1590. The maximum absolute atomic E-state index is 12.3. The number of carbonyl (C=O) groups is 2. The van der Waals surface area contributed by atoms with Gasteiger partial charge in [-0.05, 0) is 46.4 Å². The summed E-state index contributed by atoms with van der Waals surface area (Å²) in [6.07, 6.45) is 0.298. The molecule has 0 spiro atoms. The minimum absolute atomic E-state index is 0.00957. The van der Waals surface area contributed by atoms with Crippen LogP contribution in [0.3, 0.4) is 0 Å². The van der Waals surface area contributed by atoms with E-state index >= 15 is 0 Å². The van der Waals surface area contributed by atoms with Gasteiger partial charge in [0.1, 0.15) is 5.75 Å². The van der Waals surface area contributed by atoms with Gasteiger partial charge in [0, 0.05) is 42.0 Å².